The summed E-state index contributed by atoms with van der Waals surface area (Å²) in [6.45, 7) is 9.25. The number of carbonyl (C=O) groups is 1. The molecule has 5 nitrogen and oxygen atoms in total. The van der Waals surface area contributed by atoms with E-state index in [9.17, 15) is 4.79 Å². The summed E-state index contributed by atoms with van der Waals surface area (Å²) in [5.74, 6) is 2.26. The Kier molecular flexibility index (Phi) is 6.25. The average Bonchev–Trinajstić information content (AvgIpc) is 3.13. The van der Waals surface area contributed by atoms with Gasteiger partial charge in [0.2, 0.25) is 0 Å². The van der Waals surface area contributed by atoms with Gasteiger partial charge in [-0.25, -0.2) is 4.68 Å². The number of carbonyl (C=O) groups excluding carboxylic acids is 1. The van der Waals surface area contributed by atoms with Crippen molar-refractivity contribution in [1.82, 2.24) is 14.7 Å². The summed E-state index contributed by atoms with van der Waals surface area (Å²) in [6, 6.07) is 14.2. The van der Waals surface area contributed by atoms with E-state index in [4.69, 9.17) is 0 Å². The van der Waals surface area contributed by atoms with Gasteiger partial charge in [-0.05, 0) is 49.6 Å². The van der Waals surface area contributed by atoms with Crippen molar-refractivity contribution in [3.63, 3.8) is 0 Å². The second-order valence-electron chi connectivity index (χ2n) is 7.77. The molecule has 1 aliphatic rings. The second-order valence-corrected chi connectivity index (χ2v) is 9.00. The molecule has 2 aromatic carbocycles. The van der Waals surface area contributed by atoms with Gasteiger partial charge in [0.25, 0.3) is 5.91 Å². The minimum absolute atomic E-state index is 0.123. The van der Waals surface area contributed by atoms with Gasteiger partial charge in [-0.3, -0.25) is 9.69 Å². The predicted molar refractivity (Wildman–Crippen MR) is 125 cm³/mol. The Hall–Kier alpha value is -2.57. The van der Waals surface area contributed by atoms with Crippen molar-refractivity contribution in [1.29, 1.82) is 0 Å². The molecule has 0 saturated carbocycles. The van der Waals surface area contributed by atoms with Gasteiger partial charge in [0.15, 0.2) is 0 Å². The van der Waals surface area contributed by atoms with Crippen LogP contribution in [0.3, 0.4) is 0 Å². The lowest BCUT2D eigenvalue weighted by molar-refractivity contribution is 0.102. The molecule has 1 fully saturated rings. The Bertz CT molecular complexity index is 1050. The van der Waals surface area contributed by atoms with Crippen LogP contribution in [0.1, 0.15) is 32.7 Å². The molecule has 156 valence electrons. The third kappa shape index (κ3) is 4.30. The number of amides is 1. The Morgan fingerprint density at radius 2 is 1.83 bits per heavy atom. The first-order valence-corrected chi connectivity index (χ1v) is 11.5. The Morgan fingerprint density at radius 1 is 1.07 bits per heavy atom. The molecule has 1 amide bonds. The van der Waals surface area contributed by atoms with Gasteiger partial charge in [0, 0.05) is 36.8 Å². The van der Waals surface area contributed by atoms with Crippen LogP contribution < -0.4 is 5.32 Å². The zero-order chi connectivity index (χ0) is 21.1. The minimum atomic E-state index is -0.123. The number of thioether (sulfide) groups is 1. The van der Waals surface area contributed by atoms with Gasteiger partial charge in [0.1, 0.15) is 0 Å². The number of rotatable bonds is 5. The molecule has 1 saturated heterocycles. The lowest BCUT2D eigenvalue weighted by Crippen LogP contribution is -2.32. The Labute approximate surface area is 182 Å². The predicted octanol–water partition coefficient (Wildman–Crippen LogP) is 4.60. The molecule has 0 unspecified atom stereocenters. The summed E-state index contributed by atoms with van der Waals surface area (Å²) < 4.78 is 1.84. The van der Waals surface area contributed by atoms with E-state index < -0.39 is 0 Å². The number of benzene rings is 2. The van der Waals surface area contributed by atoms with Gasteiger partial charge in [-0.2, -0.15) is 16.9 Å². The van der Waals surface area contributed by atoms with E-state index >= 15 is 0 Å². The third-order valence-electron chi connectivity index (χ3n) is 5.79. The second kappa shape index (κ2) is 9.06. The number of aryl methyl sites for hydroxylation is 1. The molecule has 2 heterocycles. The van der Waals surface area contributed by atoms with E-state index in [2.05, 4.69) is 28.3 Å². The highest BCUT2D eigenvalue weighted by atomic mass is 32.2. The van der Waals surface area contributed by atoms with Crippen molar-refractivity contribution >= 4 is 23.4 Å². The highest BCUT2D eigenvalue weighted by molar-refractivity contribution is 7.99. The van der Waals surface area contributed by atoms with Gasteiger partial charge in [-0.15, -0.1) is 0 Å². The van der Waals surface area contributed by atoms with Crippen LogP contribution in [0.25, 0.3) is 5.69 Å². The van der Waals surface area contributed by atoms with Crippen LogP contribution in [-0.2, 0) is 6.54 Å². The molecule has 0 spiro atoms. The molecule has 3 aromatic rings. The van der Waals surface area contributed by atoms with Crippen molar-refractivity contribution in [2.75, 3.05) is 29.9 Å². The highest BCUT2D eigenvalue weighted by Crippen LogP contribution is 2.24. The standard InChI is InChI=1S/C24H28N4OS/c1-17-7-4-5-10-23(17)28-19(3)21(15-25-28)24(29)26-22-9-6-8-20(18(22)2)16-27-11-13-30-14-12-27/h4-10,15H,11-14,16H2,1-3H3,(H,26,29). The summed E-state index contributed by atoms with van der Waals surface area (Å²) in [5.41, 5.74) is 6.81. The fourth-order valence-corrected chi connectivity index (χ4v) is 4.84. The van der Waals surface area contributed by atoms with Crippen LogP contribution >= 0.6 is 11.8 Å². The molecule has 0 atom stereocenters. The van der Waals surface area contributed by atoms with Crippen molar-refractivity contribution in [2.24, 2.45) is 0 Å². The molecule has 6 heteroatoms. The molecule has 1 N–H and O–H groups in total. The maximum Gasteiger partial charge on any atom is 0.259 e. The normalized spacial score (nSPS) is 14.6. The van der Waals surface area contributed by atoms with Gasteiger partial charge in [-0.1, -0.05) is 30.3 Å². The van der Waals surface area contributed by atoms with Crippen LogP contribution in [0, 0.1) is 20.8 Å². The van der Waals surface area contributed by atoms with Crippen LogP contribution in [0.4, 0.5) is 5.69 Å². The number of nitrogens with one attached hydrogen (secondary N) is 1. The lowest BCUT2D eigenvalue weighted by atomic mass is 10.1. The monoisotopic (exact) mass is 420 g/mol. The molecule has 4 rings (SSSR count). The summed E-state index contributed by atoms with van der Waals surface area (Å²) in [6.07, 6.45) is 1.65. The molecule has 1 aromatic heterocycles. The van der Waals surface area contributed by atoms with E-state index in [0.717, 1.165) is 47.8 Å². The highest BCUT2D eigenvalue weighted by Gasteiger charge is 2.18. The van der Waals surface area contributed by atoms with E-state index in [-0.39, 0.29) is 5.91 Å². The SMILES string of the molecule is Cc1ccccc1-n1ncc(C(=O)Nc2cccc(CN3CCSCC3)c2C)c1C. The summed E-state index contributed by atoms with van der Waals surface area (Å²) in [7, 11) is 0. The van der Waals surface area contributed by atoms with Crippen LogP contribution in [0.2, 0.25) is 0 Å². The van der Waals surface area contributed by atoms with Crippen LogP contribution in [0.5, 0.6) is 0 Å². The number of nitrogens with zero attached hydrogens (tertiary/aromatic N) is 3. The van der Waals surface area contributed by atoms with Gasteiger partial charge < -0.3 is 5.32 Å². The zero-order valence-electron chi connectivity index (χ0n) is 17.8. The first-order chi connectivity index (χ1) is 14.5. The molecule has 0 bridgehead atoms. The van der Waals surface area contributed by atoms with Crippen LogP contribution in [0.15, 0.2) is 48.7 Å². The minimum Gasteiger partial charge on any atom is -0.322 e. The van der Waals surface area contributed by atoms with E-state index in [1.807, 2.05) is 66.7 Å². The van der Waals surface area contributed by atoms with Crippen molar-refractivity contribution in [2.45, 2.75) is 27.3 Å². The number of para-hydroxylation sites is 1. The van der Waals surface area contributed by atoms with E-state index in [0.29, 0.717) is 5.56 Å². The number of anilines is 1. The molecular weight excluding hydrogens is 392 g/mol. The first-order valence-electron chi connectivity index (χ1n) is 10.3. The Balaban J connectivity index is 1.53. The van der Waals surface area contributed by atoms with E-state index in [1.54, 1.807) is 6.20 Å². The lowest BCUT2D eigenvalue weighted by Gasteiger charge is -2.27. The quantitative estimate of drug-likeness (QED) is 0.655. The molecule has 30 heavy (non-hydrogen) atoms. The van der Waals surface area contributed by atoms with Gasteiger partial charge >= 0.3 is 0 Å². The maximum atomic E-state index is 13.0. The fourth-order valence-electron chi connectivity index (χ4n) is 3.86. The van der Waals surface area contributed by atoms with Crippen molar-refractivity contribution < 1.29 is 4.79 Å². The third-order valence-corrected chi connectivity index (χ3v) is 6.73. The van der Waals surface area contributed by atoms with Gasteiger partial charge in [0.05, 0.1) is 23.1 Å². The smallest absolute Gasteiger partial charge is 0.259 e. The summed E-state index contributed by atoms with van der Waals surface area (Å²) in [5, 5.41) is 7.58. The zero-order valence-corrected chi connectivity index (χ0v) is 18.6. The van der Waals surface area contributed by atoms with Crippen molar-refractivity contribution in [3.8, 4) is 5.69 Å². The molecule has 0 aliphatic carbocycles. The molecular formula is C24H28N4OS. The Morgan fingerprint density at radius 3 is 2.60 bits per heavy atom. The number of hydrogen-bond acceptors (Lipinski definition) is 4. The van der Waals surface area contributed by atoms with E-state index in [1.165, 1.54) is 17.1 Å². The van der Waals surface area contributed by atoms with Crippen LogP contribution in [-0.4, -0.2) is 45.2 Å². The number of aromatic nitrogens is 2. The first kappa shape index (κ1) is 20.7. The molecule has 0 radical (unpaired) electrons. The largest absolute Gasteiger partial charge is 0.322 e. The van der Waals surface area contributed by atoms with Crippen molar-refractivity contribution in [3.05, 3.63) is 76.6 Å². The topological polar surface area (TPSA) is 50.2 Å². The fraction of sp³-hybridized carbons (Fsp3) is 0.333. The summed E-state index contributed by atoms with van der Waals surface area (Å²) in [4.78, 5) is 15.5. The molecule has 1 aliphatic heterocycles. The number of hydrogen-bond donors (Lipinski definition) is 1. The maximum absolute atomic E-state index is 13.0. The summed E-state index contributed by atoms with van der Waals surface area (Å²) >= 11 is 2.02. The average molecular weight is 421 g/mol.